The first-order valence-electron chi connectivity index (χ1n) is 8.86. The van der Waals surface area contributed by atoms with Gasteiger partial charge in [-0.15, -0.1) is 0 Å². The van der Waals surface area contributed by atoms with Crippen LogP contribution in [0.3, 0.4) is 0 Å². The van der Waals surface area contributed by atoms with Crippen molar-refractivity contribution in [2.75, 3.05) is 27.2 Å². The van der Waals surface area contributed by atoms with E-state index in [0.717, 1.165) is 18.5 Å². The zero-order valence-corrected chi connectivity index (χ0v) is 15.8. The average molecular weight is 352 g/mol. The van der Waals surface area contributed by atoms with Gasteiger partial charge in [-0.3, -0.25) is 4.79 Å². The van der Waals surface area contributed by atoms with Crippen molar-refractivity contribution in [3.8, 4) is 0 Å². The monoisotopic (exact) mass is 352 g/mol. The zero-order chi connectivity index (χ0) is 18.8. The molecular formula is C21H28N4O. The Morgan fingerprint density at radius 3 is 2.31 bits per heavy atom. The fraction of sp³-hybridized carbons (Fsp3) is 0.333. The molecule has 0 spiro atoms. The van der Waals surface area contributed by atoms with E-state index in [9.17, 15) is 4.79 Å². The second-order valence-corrected chi connectivity index (χ2v) is 6.45. The molecule has 0 radical (unpaired) electrons. The predicted octanol–water partition coefficient (Wildman–Crippen LogP) is 2.36. The maximum absolute atomic E-state index is 11.8. The summed E-state index contributed by atoms with van der Waals surface area (Å²) >= 11 is 0. The van der Waals surface area contributed by atoms with Crippen LogP contribution in [-0.2, 0) is 17.8 Å². The van der Waals surface area contributed by atoms with E-state index in [-0.39, 0.29) is 12.5 Å². The van der Waals surface area contributed by atoms with Crippen LogP contribution in [0.25, 0.3) is 0 Å². The van der Waals surface area contributed by atoms with Gasteiger partial charge in [0, 0.05) is 20.6 Å². The van der Waals surface area contributed by atoms with Crippen LogP contribution in [-0.4, -0.2) is 44.0 Å². The van der Waals surface area contributed by atoms with E-state index in [2.05, 4.69) is 58.9 Å². The molecule has 26 heavy (non-hydrogen) atoms. The lowest BCUT2D eigenvalue weighted by molar-refractivity contribution is -0.127. The number of likely N-dealkylation sites (N-methyl/N-ethyl adjacent to an activating group) is 1. The van der Waals surface area contributed by atoms with Crippen molar-refractivity contribution in [3.63, 3.8) is 0 Å². The summed E-state index contributed by atoms with van der Waals surface area (Å²) in [7, 11) is 3.49. The number of rotatable bonds is 7. The minimum atomic E-state index is 0.0119. The number of hydrogen-bond donors (Lipinski definition) is 2. The van der Waals surface area contributed by atoms with Gasteiger partial charge in [0.25, 0.3) is 0 Å². The summed E-state index contributed by atoms with van der Waals surface area (Å²) in [4.78, 5) is 18.0. The van der Waals surface area contributed by atoms with Crippen LogP contribution < -0.4 is 10.6 Å². The fourth-order valence-corrected chi connectivity index (χ4v) is 2.33. The van der Waals surface area contributed by atoms with Crippen LogP contribution in [0.4, 0.5) is 0 Å². The molecule has 0 unspecified atom stereocenters. The second-order valence-electron chi connectivity index (χ2n) is 6.45. The minimum absolute atomic E-state index is 0.0119. The third-order valence-corrected chi connectivity index (χ3v) is 4.00. The van der Waals surface area contributed by atoms with Gasteiger partial charge in [0.15, 0.2) is 5.96 Å². The van der Waals surface area contributed by atoms with Gasteiger partial charge in [-0.05, 0) is 24.5 Å². The Kier molecular flexibility index (Phi) is 7.68. The third-order valence-electron chi connectivity index (χ3n) is 4.00. The molecular weight excluding hydrogens is 324 g/mol. The Balaban J connectivity index is 1.94. The van der Waals surface area contributed by atoms with E-state index >= 15 is 0 Å². The van der Waals surface area contributed by atoms with Gasteiger partial charge in [0.2, 0.25) is 5.91 Å². The quantitative estimate of drug-likeness (QED) is 0.594. The van der Waals surface area contributed by atoms with Crippen molar-refractivity contribution in [1.29, 1.82) is 0 Å². The van der Waals surface area contributed by atoms with E-state index < -0.39 is 0 Å². The molecule has 5 heteroatoms. The highest BCUT2D eigenvalue weighted by atomic mass is 16.2. The number of carbonyl (C=O) groups excluding carboxylic acids is 1. The molecule has 2 aromatic carbocycles. The number of benzene rings is 2. The first-order valence-corrected chi connectivity index (χ1v) is 8.86. The molecule has 2 rings (SSSR count). The summed E-state index contributed by atoms with van der Waals surface area (Å²) in [5, 5.41) is 6.43. The summed E-state index contributed by atoms with van der Waals surface area (Å²) in [6, 6.07) is 18.6. The lowest BCUT2D eigenvalue weighted by Crippen LogP contribution is -2.43. The molecule has 0 heterocycles. The van der Waals surface area contributed by atoms with E-state index in [1.165, 1.54) is 11.1 Å². The van der Waals surface area contributed by atoms with Crippen molar-refractivity contribution in [1.82, 2.24) is 15.5 Å². The van der Waals surface area contributed by atoms with Crippen molar-refractivity contribution in [2.24, 2.45) is 4.99 Å². The van der Waals surface area contributed by atoms with Gasteiger partial charge < -0.3 is 15.5 Å². The van der Waals surface area contributed by atoms with Crippen LogP contribution >= 0.6 is 0 Å². The standard InChI is InChI=1S/C21H28N4O/c1-17-9-11-19(12-10-17)15-23-21(24-16-20(26)25(2)3)22-14-13-18-7-5-4-6-8-18/h4-12H,13-16H2,1-3H3,(H2,22,23,24). The number of amides is 1. The van der Waals surface area contributed by atoms with E-state index in [1.807, 2.05) is 18.2 Å². The molecule has 138 valence electrons. The van der Waals surface area contributed by atoms with Gasteiger partial charge in [0.1, 0.15) is 0 Å². The molecule has 1 amide bonds. The molecule has 0 fully saturated rings. The number of hydrogen-bond acceptors (Lipinski definition) is 2. The van der Waals surface area contributed by atoms with Gasteiger partial charge in [0.05, 0.1) is 13.1 Å². The number of aryl methyl sites for hydroxylation is 1. The van der Waals surface area contributed by atoms with Gasteiger partial charge in [-0.25, -0.2) is 4.99 Å². The number of nitrogens with zero attached hydrogens (tertiary/aromatic N) is 2. The van der Waals surface area contributed by atoms with E-state index in [4.69, 9.17) is 0 Å². The topological polar surface area (TPSA) is 56.7 Å². The van der Waals surface area contributed by atoms with Crippen molar-refractivity contribution in [3.05, 3.63) is 71.3 Å². The van der Waals surface area contributed by atoms with Gasteiger partial charge >= 0.3 is 0 Å². The first-order chi connectivity index (χ1) is 12.5. The lowest BCUT2D eigenvalue weighted by Gasteiger charge is -2.15. The number of nitrogens with one attached hydrogen (secondary N) is 2. The lowest BCUT2D eigenvalue weighted by atomic mass is 10.1. The highest BCUT2D eigenvalue weighted by Gasteiger charge is 2.06. The summed E-state index contributed by atoms with van der Waals surface area (Å²) in [6.07, 6.45) is 0.897. The molecule has 0 saturated carbocycles. The Morgan fingerprint density at radius 2 is 1.65 bits per heavy atom. The fourth-order valence-electron chi connectivity index (χ4n) is 2.33. The predicted molar refractivity (Wildman–Crippen MR) is 107 cm³/mol. The smallest absolute Gasteiger partial charge is 0.241 e. The highest BCUT2D eigenvalue weighted by molar-refractivity contribution is 5.86. The molecule has 0 bridgehead atoms. The number of carbonyl (C=O) groups is 1. The highest BCUT2D eigenvalue weighted by Crippen LogP contribution is 2.04. The van der Waals surface area contributed by atoms with Gasteiger partial charge in [-0.2, -0.15) is 0 Å². The molecule has 0 aromatic heterocycles. The Bertz CT molecular complexity index is 709. The Morgan fingerprint density at radius 1 is 0.962 bits per heavy atom. The summed E-state index contributed by atoms with van der Waals surface area (Å²) in [5.41, 5.74) is 3.63. The van der Waals surface area contributed by atoms with E-state index in [1.54, 1.807) is 19.0 Å². The Labute approximate surface area is 156 Å². The molecule has 2 aromatic rings. The minimum Gasteiger partial charge on any atom is -0.356 e. The van der Waals surface area contributed by atoms with Crippen LogP contribution in [0.1, 0.15) is 16.7 Å². The molecule has 0 aliphatic heterocycles. The molecule has 5 nitrogen and oxygen atoms in total. The van der Waals surface area contributed by atoms with Crippen LogP contribution in [0.15, 0.2) is 59.6 Å². The zero-order valence-electron chi connectivity index (χ0n) is 15.8. The largest absolute Gasteiger partial charge is 0.356 e. The molecule has 0 saturated heterocycles. The molecule has 0 aliphatic carbocycles. The maximum Gasteiger partial charge on any atom is 0.241 e. The normalized spacial score (nSPS) is 11.1. The molecule has 0 atom stereocenters. The third kappa shape index (κ3) is 6.97. The van der Waals surface area contributed by atoms with Crippen molar-refractivity contribution >= 4 is 11.9 Å². The summed E-state index contributed by atoms with van der Waals surface area (Å²) < 4.78 is 0. The van der Waals surface area contributed by atoms with Crippen molar-refractivity contribution in [2.45, 2.75) is 19.9 Å². The van der Waals surface area contributed by atoms with Gasteiger partial charge in [-0.1, -0.05) is 60.2 Å². The van der Waals surface area contributed by atoms with Crippen LogP contribution in [0.5, 0.6) is 0 Å². The number of aliphatic imine (C=N–C) groups is 1. The van der Waals surface area contributed by atoms with Crippen LogP contribution in [0.2, 0.25) is 0 Å². The van der Waals surface area contributed by atoms with E-state index in [0.29, 0.717) is 12.5 Å². The SMILES string of the molecule is Cc1ccc(CN=C(NCCc2ccccc2)NCC(=O)N(C)C)cc1. The number of guanidine groups is 1. The molecule has 2 N–H and O–H groups in total. The average Bonchev–Trinajstić information content (AvgIpc) is 2.65. The Hall–Kier alpha value is -2.82. The first kappa shape index (κ1) is 19.5. The summed E-state index contributed by atoms with van der Waals surface area (Å²) in [5.74, 6) is 0.662. The second kappa shape index (κ2) is 10.2. The molecule has 0 aliphatic rings. The summed E-state index contributed by atoms with van der Waals surface area (Å²) in [6.45, 7) is 3.60. The van der Waals surface area contributed by atoms with Crippen LogP contribution in [0, 0.1) is 6.92 Å². The van der Waals surface area contributed by atoms with Crippen molar-refractivity contribution < 1.29 is 4.79 Å². The maximum atomic E-state index is 11.8.